The average Bonchev–Trinajstić information content (AvgIpc) is 2.54. The summed E-state index contributed by atoms with van der Waals surface area (Å²) < 4.78 is 19.9. The quantitative estimate of drug-likeness (QED) is 0.391. The summed E-state index contributed by atoms with van der Waals surface area (Å²) in [4.78, 5) is 2.75. The molecule has 118 valence electrons. The fourth-order valence-corrected chi connectivity index (χ4v) is 3.07. The summed E-state index contributed by atoms with van der Waals surface area (Å²) >= 11 is 12.3. The van der Waals surface area contributed by atoms with Crippen LogP contribution >= 0.6 is 23.2 Å². The minimum absolute atomic E-state index is 0.232. The number of fused-ring (bicyclic) bond motifs is 1. The molecule has 1 atom stereocenters. The monoisotopic (exact) mass is 351 g/mol. The van der Waals surface area contributed by atoms with E-state index >= 15 is 0 Å². The fourth-order valence-electron chi connectivity index (χ4n) is 2.68. The molecule has 0 radical (unpaired) electrons. The van der Waals surface area contributed by atoms with E-state index in [9.17, 15) is 4.39 Å². The molecule has 0 amide bonds. The fraction of sp³-hybridized carbons (Fsp3) is 0.250. The van der Waals surface area contributed by atoms with Crippen LogP contribution in [-0.4, -0.2) is 12.6 Å². The van der Waals surface area contributed by atoms with E-state index in [1.807, 2.05) is 0 Å². The van der Waals surface area contributed by atoms with Crippen LogP contribution in [0, 0.1) is 5.82 Å². The second kappa shape index (κ2) is 6.67. The molecule has 1 aliphatic rings. The highest BCUT2D eigenvalue weighted by atomic mass is 35.5. The van der Waals surface area contributed by atoms with Crippen molar-refractivity contribution in [2.45, 2.75) is 18.9 Å². The van der Waals surface area contributed by atoms with Crippen LogP contribution in [0.3, 0.4) is 0 Å². The molecule has 2 aromatic rings. The van der Waals surface area contributed by atoms with Gasteiger partial charge in [0.05, 0.1) is 6.54 Å². The molecule has 0 saturated carbocycles. The van der Waals surface area contributed by atoms with E-state index in [-0.39, 0.29) is 18.5 Å². The van der Waals surface area contributed by atoms with Gasteiger partial charge in [0.25, 0.3) is 0 Å². The lowest BCUT2D eigenvalue weighted by Gasteiger charge is -2.27. The van der Waals surface area contributed by atoms with Gasteiger partial charge in [0, 0.05) is 26.1 Å². The highest BCUT2D eigenvalue weighted by molar-refractivity contribution is 6.35. The Morgan fingerprint density at radius 3 is 2.87 bits per heavy atom. The summed E-state index contributed by atoms with van der Waals surface area (Å²) in [5.74, 6) is 0.215. The number of nitrogens with zero attached hydrogens (tertiary/aromatic N) is 3. The molecule has 0 bridgehead atoms. The van der Waals surface area contributed by atoms with Crippen molar-refractivity contribution in [3.63, 3.8) is 0 Å². The van der Waals surface area contributed by atoms with Gasteiger partial charge in [-0.05, 0) is 54.3 Å². The van der Waals surface area contributed by atoms with Crippen LogP contribution in [0.15, 0.2) is 35.4 Å². The molecule has 1 heterocycles. The summed E-state index contributed by atoms with van der Waals surface area (Å²) in [6.07, 6.45) is 1.07. The van der Waals surface area contributed by atoms with E-state index in [0.29, 0.717) is 39.8 Å². The van der Waals surface area contributed by atoms with E-state index in [1.54, 1.807) is 18.2 Å². The molecule has 1 aliphatic heterocycles. The van der Waals surface area contributed by atoms with Crippen molar-refractivity contribution >= 4 is 23.2 Å². The Morgan fingerprint density at radius 1 is 1.26 bits per heavy atom. The molecule has 0 saturated heterocycles. The van der Waals surface area contributed by atoms with Gasteiger partial charge in [-0.2, -0.15) is 0 Å². The van der Waals surface area contributed by atoms with Crippen LogP contribution in [0.5, 0.6) is 5.75 Å². The number of hydrogen-bond donors (Lipinski definition) is 0. The minimum Gasteiger partial charge on any atom is -0.489 e. The van der Waals surface area contributed by atoms with E-state index in [4.69, 9.17) is 33.5 Å². The Hall–Kier alpha value is -1.94. The number of rotatable bonds is 3. The van der Waals surface area contributed by atoms with Crippen LogP contribution in [0.1, 0.15) is 12.0 Å². The molecule has 7 heteroatoms. The summed E-state index contributed by atoms with van der Waals surface area (Å²) in [5.41, 5.74) is 10.4. The molecule has 2 aromatic carbocycles. The second-order valence-electron chi connectivity index (χ2n) is 5.26. The Kier molecular flexibility index (Phi) is 4.62. The standard InChI is InChI=1S/C16H12Cl2FN3O/c17-10-2-4-15(18)13(6-10)14-7-11(19)5-9-1-3-12(8-21-22-20)23-16(9)14/h2,4-7,12H,1,3,8H2/t12-/m1/s1. The van der Waals surface area contributed by atoms with Gasteiger partial charge in [-0.25, -0.2) is 4.39 Å². The largest absolute Gasteiger partial charge is 0.489 e. The van der Waals surface area contributed by atoms with Gasteiger partial charge in [-0.1, -0.05) is 28.3 Å². The Labute approximate surface area is 142 Å². The molecule has 0 spiro atoms. The van der Waals surface area contributed by atoms with Crippen LogP contribution < -0.4 is 4.74 Å². The van der Waals surface area contributed by atoms with Gasteiger partial charge < -0.3 is 4.74 Å². The molecule has 0 aliphatic carbocycles. The number of ether oxygens (including phenoxy) is 1. The molecule has 4 nitrogen and oxygen atoms in total. The van der Waals surface area contributed by atoms with Crippen molar-refractivity contribution in [2.75, 3.05) is 6.54 Å². The lowest BCUT2D eigenvalue weighted by molar-refractivity contribution is 0.182. The molecule has 3 rings (SSSR count). The highest BCUT2D eigenvalue weighted by Gasteiger charge is 2.24. The third kappa shape index (κ3) is 3.37. The third-order valence-electron chi connectivity index (χ3n) is 3.72. The topological polar surface area (TPSA) is 58.0 Å². The number of azide groups is 1. The summed E-state index contributed by atoms with van der Waals surface area (Å²) in [5, 5.41) is 4.52. The van der Waals surface area contributed by atoms with Gasteiger partial charge in [0.2, 0.25) is 0 Å². The number of benzene rings is 2. The zero-order valence-electron chi connectivity index (χ0n) is 12.0. The summed E-state index contributed by atoms with van der Waals surface area (Å²) in [6.45, 7) is 0.232. The minimum atomic E-state index is -0.355. The van der Waals surface area contributed by atoms with Gasteiger partial charge in [0.1, 0.15) is 17.7 Å². The van der Waals surface area contributed by atoms with Crippen molar-refractivity contribution in [2.24, 2.45) is 5.11 Å². The molecule has 0 aromatic heterocycles. The van der Waals surface area contributed by atoms with Crippen LogP contribution in [-0.2, 0) is 6.42 Å². The maximum Gasteiger partial charge on any atom is 0.130 e. The Morgan fingerprint density at radius 2 is 2.09 bits per heavy atom. The lowest BCUT2D eigenvalue weighted by atomic mass is 9.95. The molecular formula is C16H12Cl2FN3O. The molecule has 23 heavy (non-hydrogen) atoms. The Bertz CT molecular complexity index is 806. The average molecular weight is 352 g/mol. The highest BCUT2D eigenvalue weighted by Crippen LogP contribution is 2.42. The SMILES string of the molecule is [N-]=[N+]=NC[C@H]1CCc2cc(F)cc(-c3cc(Cl)ccc3Cl)c2O1. The van der Waals surface area contributed by atoms with Crippen LogP contribution in [0.25, 0.3) is 21.6 Å². The first-order chi connectivity index (χ1) is 11.1. The third-order valence-corrected chi connectivity index (χ3v) is 4.28. The normalized spacial score (nSPS) is 16.2. The predicted molar refractivity (Wildman–Crippen MR) is 88.6 cm³/mol. The predicted octanol–water partition coefficient (Wildman–Crippen LogP) is 5.80. The number of halogens is 3. The number of hydrogen-bond acceptors (Lipinski definition) is 2. The maximum absolute atomic E-state index is 14.0. The zero-order valence-corrected chi connectivity index (χ0v) is 13.5. The van der Waals surface area contributed by atoms with Crippen LogP contribution in [0.2, 0.25) is 10.0 Å². The first-order valence-corrected chi connectivity index (χ1v) is 7.79. The smallest absolute Gasteiger partial charge is 0.130 e. The van der Waals surface area contributed by atoms with Crippen molar-refractivity contribution < 1.29 is 9.13 Å². The van der Waals surface area contributed by atoms with Crippen molar-refractivity contribution in [3.8, 4) is 16.9 Å². The van der Waals surface area contributed by atoms with Crippen LogP contribution in [0.4, 0.5) is 4.39 Å². The second-order valence-corrected chi connectivity index (χ2v) is 6.10. The van der Waals surface area contributed by atoms with Crippen molar-refractivity contribution in [3.05, 3.63) is 62.2 Å². The van der Waals surface area contributed by atoms with Gasteiger partial charge in [0.15, 0.2) is 0 Å². The Balaban J connectivity index is 2.09. The molecule has 0 fully saturated rings. The van der Waals surface area contributed by atoms with Gasteiger partial charge in [-0.3, -0.25) is 0 Å². The summed E-state index contributed by atoms with van der Waals surface area (Å²) in [7, 11) is 0. The first-order valence-electron chi connectivity index (χ1n) is 7.04. The van der Waals surface area contributed by atoms with Crippen molar-refractivity contribution in [1.29, 1.82) is 0 Å². The van der Waals surface area contributed by atoms with Crippen molar-refractivity contribution in [1.82, 2.24) is 0 Å². The molecule has 0 unspecified atom stereocenters. The molecular weight excluding hydrogens is 340 g/mol. The van der Waals surface area contributed by atoms with E-state index in [0.717, 1.165) is 5.56 Å². The van der Waals surface area contributed by atoms with E-state index in [1.165, 1.54) is 12.1 Å². The number of aryl methyl sites for hydroxylation is 1. The van der Waals surface area contributed by atoms with Gasteiger partial charge in [-0.15, -0.1) is 0 Å². The van der Waals surface area contributed by atoms with E-state index in [2.05, 4.69) is 10.0 Å². The first kappa shape index (κ1) is 15.9. The summed E-state index contributed by atoms with van der Waals surface area (Å²) in [6, 6.07) is 7.86. The van der Waals surface area contributed by atoms with E-state index < -0.39 is 0 Å². The van der Waals surface area contributed by atoms with Gasteiger partial charge >= 0.3 is 0 Å². The molecule has 0 N–H and O–H groups in total. The maximum atomic E-state index is 14.0. The lowest BCUT2D eigenvalue weighted by Crippen LogP contribution is -2.25. The zero-order chi connectivity index (χ0) is 16.4.